The maximum atomic E-state index is 12.0. The van der Waals surface area contributed by atoms with Crippen LogP contribution in [0.1, 0.15) is 0 Å². The van der Waals surface area contributed by atoms with E-state index in [4.69, 9.17) is 0 Å². The van der Waals surface area contributed by atoms with Gasteiger partial charge in [0.1, 0.15) is 5.52 Å². The second-order valence-corrected chi connectivity index (χ2v) is 4.40. The van der Waals surface area contributed by atoms with Crippen LogP contribution in [0.4, 0.5) is 11.4 Å². The van der Waals surface area contributed by atoms with Gasteiger partial charge in [-0.1, -0.05) is 18.2 Å². The minimum absolute atomic E-state index is 0.0192. The van der Waals surface area contributed by atoms with Crippen LogP contribution in [0.2, 0.25) is 0 Å². The fourth-order valence-corrected chi connectivity index (χ4v) is 2.30. The molecule has 0 spiro atoms. The number of hydrogen-bond donors (Lipinski definition) is 1. The first kappa shape index (κ1) is 12.7. The largest absolute Gasteiger partial charge is 0.316 e. The predicted molar refractivity (Wildman–Crippen MR) is 75.4 cm³/mol. The number of aromatic amines is 1. The zero-order valence-corrected chi connectivity index (χ0v) is 10.4. The number of nitrogens with one attached hydrogen (secondary N) is 1. The van der Waals surface area contributed by atoms with Gasteiger partial charge in [0.15, 0.2) is 0 Å². The molecule has 3 aromatic rings. The van der Waals surface area contributed by atoms with Crippen LogP contribution in [0.15, 0.2) is 41.2 Å². The molecule has 1 heterocycles. The molecular weight excluding hydrogens is 278 g/mol. The van der Waals surface area contributed by atoms with Crippen LogP contribution in [-0.4, -0.2) is 14.8 Å². The number of benzene rings is 2. The summed E-state index contributed by atoms with van der Waals surface area (Å²) in [4.78, 5) is 35.0. The Morgan fingerprint density at radius 2 is 1.57 bits per heavy atom. The van der Waals surface area contributed by atoms with Crippen molar-refractivity contribution in [3.63, 3.8) is 0 Å². The van der Waals surface area contributed by atoms with Crippen LogP contribution in [0.25, 0.3) is 21.7 Å². The van der Waals surface area contributed by atoms with E-state index in [1.54, 1.807) is 24.3 Å². The van der Waals surface area contributed by atoms with Crippen LogP contribution < -0.4 is 5.56 Å². The monoisotopic (exact) mass is 285 g/mol. The number of aromatic nitrogens is 1. The Morgan fingerprint density at radius 3 is 2.19 bits per heavy atom. The summed E-state index contributed by atoms with van der Waals surface area (Å²) in [5.41, 5.74) is -1.39. The summed E-state index contributed by atoms with van der Waals surface area (Å²) in [6.45, 7) is 0. The summed E-state index contributed by atoms with van der Waals surface area (Å²) in [6.07, 6.45) is 0. The first-order chi connectivity index (χ1) is 9.99. The highest BCUT2D eigenvalue weighted by atomic mass is 16.6. The van der Waals surface area contributed by atoms with E-state index in [0.29, 0.717) is 10.8 Å². The molecule has 8 heteroatoms. The molecule has 0 aliphatic heterocycles. The van der Waals surface area contributed by atoms with Crippen molar-refractivity contribution in [3.8, 4) is 0 Å². The maximum absolute atomic E-state index is 12.0. The van der Waals surface area contributed by atoms with Gasteiger partial charge in [0.25, 0.3) is 16.9 Å². The first-order valence-electron chi connectivity index (χ1n) is 5.86. The number of nitro benzene ring substituents is 2. The van der Waals surface area contributed by atoms with E-state index < -0.39 is 26.8 Å². The first-order valence-corrected chi connectivity index (χ1v) is 5.86. The SMILES string of the molecule is O=c1[nH]c2c([N+](=O)[O-])cc([N+](=O)[O-])cc2c2ccccc12. The number of non-ortho nitro benzene ring substituents is 2. The molecule has 3 rings (SSSR count). The number of nitro groups is 2. The van der Waals surface area contributed by atoms with Gasteiger partial charge in [-0.05, 0) is 11.5 Å². The van der Waals surface area contributed by atoms with Gasteiger partial charge in [0.05, 0.1) is 15.9 Å². The Morgan fingerprint density at radius 1 is 0.905 bits per heavy atom. The van der Waals surface area contributed by atoms with Crippen molar-refractivity contribution in [3.05, 3.63) is 67.0 Å². The van der Waals surface area contributed by atoms with Crippen LogP contribution in [0.3, 0.4) is 0 Å². The molecule has 21 heavy (non-hydrogen) atoms. The molecule has 0 bridgehead atoms. The van der Waals surface area contributed by atoms with Crippen LogP contribution in [0, 0.1) is 20.2 Å². The topological polar surface area (TPSA) is 119 Å². The van der Waals surface area contributed by atoms with Crippen molar-refractivity contribution in [1.82, 2.24) is 4.98 Å². The van der Waals surface area contributed by atoms with E-state index in [0.717, 1.165) is 6.07 Å². The quantitative estimate of drug-likeness (QED) is 0.440. The minimum Gasteiger partial charge on any atom is -0.316 e. The highest BCUT2D eigenvalue weighted by molar-refractivity contribution is 6.08. The smallest absolute Gasteiger partial charge is 0.300 e. The highest BCUT2D eigenvalue weighted by Gasteiger charge is 2.21. The van der Waals surface area contributed by atoms with E-state index >= 15 is 0 Å². The van der Waals surface area contributed by atoms with Gasteiger partial charge in [-0.2, -0.15) is 0 Å². The zero-order valence-electron chi connectivity index (χ0n) is 10.4. The lowest BCUT2D eigenvalue weighted by molar-refractivity contribution is -0.393. The predicted octanol–water partition coefficient (Wildman–Crippen LogP) is 2.50. The Labute approximate surface area is 115 Å². The molecule has 0 amide bonds. The molecule has 0 fully saturated rings. The molecule has 0 saturated heterocycles. The van der Waals surface area contributed by atoms with Gasteiger partial charge in [-0.15, -0.1) is 0 Å². The third kappa shape index (κ3) is 1.89. The van der Waals surface area contributed by atoms with Crippen LogP contribution >= 0.6 is 0 Å². The molecule has 1 N–H and O–H groups in total. The lowest BCUT2D eigenvalue weighted by atomic mass is 10.1. The highest BCUT2D eigenvalue weighted by Crippen LogP contribution is 2.32. The molecule has 0 atom stereocenters. The van der Waals surface area contributed by atoms with Crippen molar-refractivity contribution in [2.45, 2.75) is 0 Å². The molecule has 2 aromatic carbocycles. The third-order valence-electron chi connectivity index (χ3n) is 3.21. The molecule has 0 saturated carbocycles. The number of pyridine rings is 1. The Bertz CT molecular complexity index is 977. The van der Waals surface area contributed by atoms with Gasteiger partial charge >= 0.3 is 0 Å². The summed E-state index contributed by atoms with van der Waals surface area (Å²) >= 11 is 0. The molecular formula is C13H7N3O5. The number of fused-ring (bicyclic) bond motifs is 3. The molecule has 0 unspecified atom stereocenters. The second-order valence-electron chi connectivity index (χ2n) is 4.40. The minimum atomic E-state index is -0.750. The number of H-pyrrole nitrogens is 1. The molecule has 0 aliphatic carbocycles. The van der Waals surface area contributed by atoms with Gasteiger partial charge in [0, 0.05) is 16.8 Å². The summed E-state index contributed by atoms with van der Waals surface area (Å²) in [5.74, 6) is 0. The van der Waals surface area contributed by atoms with E-state index in [1.807, 2.05) is 0 Å². The Kier molecular flexibility index (Phi) is 2.65. The van der Waals surface area contributed by atoms with Crippen molar-refractivity contribution in [1.29, 1.82) is 0 Å². The summed E-state index contributed by atoms with van der Waals surface area (Å²) < 4.78 is 0. The van der Waals surface area contributed by atoms with Gasteiger partial charge in [-0.3, -0.25) is 25.0 Å². The summed E-state index contributed by atoms with van der Waals surface area (Å²) in [7, 11) is 0. The van der Waals surface area contributed by atoms with Gasteiger partial charge < -0.3 is 4.98 Å². The van der Waals surface area contributed by atoms with E-state index in [1.165, 1.54) is 6.07 Å². The normalized spacial score (nSPS) is 10.9. The van der Waals surface area contributed by atoms with Crippen molar-refractivity contribution >= 4 is 33.1 Å². The lowest BCUT2D eigenvalue weighted by Crippen LogP contribution is -2.08. The maximum Gasteiger partial charge on any atom is 0.300 e. The summed E-state index contributed by atoms with van der Waals surface area (Å²) in [5, 5.41) is 23.1. The lowest BCUT2D eigenvalue weighted by Gasteiger charge is -2.04. The second kappa shape index (κ2) is 4.37. The van der Waals surface area contributed by atoms with Crippen molar-refractivity contribution < 1.29 is 9.85 Å². The fraction of sp³-hybridized carbons (Fsp3) is 0. The van der Waals surface area contributed by atoms with Gasteiger partial charge in [0.2, 0.25) is 0 Å². The Hall–Kier alpha value is -3.29. The van der Waals surface area contributed by atoms with Crippen LogP contribution in [0.5, 0.6) is 0 Å². The molecule has 1 aromatic heterocycles. The standard InChI is InChI=1S/C13H7N3O5/c17-13-9-4-2-1-3-8(9)10-5-7(15(18)19)6-11(16(20)21)12(10)14-13/h1-6H,(H,14,17). The Balaban J connectivity index is 2.61. The zero-order chi connectivity index (χ0) is 15.1. The van der Waals surface area contributed by atoms with E-state index in [-0.39, 0.29) is 10.9 Å². The number of rotatable bonds is 2. The molecule has 0 aliphatic rings. The average Bonchev–Trinajstić information content (AvgIpc) is 2.46. The van der Waals surface area contributed by atoms with E-state index in [9.17, 15) is 25.0 Å². The fourth-order valence-electron chi connectivity index (χ4n) is 2.30. The van der Waals surface area contributed by atoms with Gasteiger partial charge in [-0.25, -0.2) is 0 Å². The van der Waals surface area contributed by atoms with Crippen molar-refractivity contribution in [2.24, 2.45) is 0 Å². The molecule has 0 radical (unpaired) electrons. The van der Waals surface area contributed by atoms with Crippen molar-refractivity contribution in [2.75, 3.05) is 0 Å². The van der Waals surface area contributed by atoms with Crippen LogP contribution in [-0.2, 0) is 0 Å². The number of hydrogen-bond acceptors (Lipinski definition) is 5. The third-order valence-corrected chi connectivity index (χ3v) is 3.21. The molecule has 8 nitrogen and oxygen atoms in total. The summed E-state index contributed by atoms with van der Waals surface area (Å²) in [6, 6.07) is 8.52. The number of nitrogens with zero attached hydrogens (tertiary/aromatic N) is 2. The molecule has 104 valence electrons. The van der Waals surface area contributed by atoms with E-state index in [2.05, 4.69) is 4.98 Å². The average molecular weight is 285 g/mol.